The molecular weight excluding hydrogens is 184 g/mol. The van der Waals surface area contributed by atoms with E-state index in [0.29, 0.717) is 5.95 Å². The van der Waals surface area contributed by atoms with Gasteiger partial charge in [0, 0.05) is 18.0 Å². The zero-order chi connectivity index (χ0) is 9.38. The lowest BCUT2D eigenvalue weighted by Crippen LogP contribution is -2.02. The van der Waals surface area contributed by atoms with Crippen LogP contribution in [0.2, 0.25) is 0 Å². The molecule has 70 valence electrons. The van der Waals surface area contributed by atoms with Crippen LogP contribution >= 0.6 is 0 Å². The van der Waals surface area contributed by atoms with Gasteiger partial charge in [0.15, 0.2) is 0 Å². The second-order valence-electron chi connectivity index (χ2n) is 2.89. The van der Waals surface area contributed by atoms with Crippen LogP contribution in [0.4, 0.5) is 0 Å². The molecule has 2 aromatic rings. The molecule has 0 spiro atoms. The third kappa shape index (κ3) is 1.23. The molecule has 1 fully saturated rings. The Bertz CT molecular complexity index is 420. The molecule has 7 heteroatoms. The van der Waals surface area contributed by atoms with Crippen molar-refractivity contribution < 1.29 is 4.74 Å². The van der Waals surface area contributed by atoms with E-state index in [2.05, 4.69) is 25.5 Å². The monoisotopic (exact) mass is 190 g/mol. The number of rotatable bonds is 2. The SMILES string of the molecule is c1nc(-n2cnnn2)ncc1[C@@H]1CO1. The molecule has 1 aliphatic rings. The molecule has 3 heterocycles. The van der Waals surface area contributed by atoms with Crippen LogP contribution in [0, 0.1) is 0 Å². The molecule has 7 nitrogen and oxygen atoms in total. The number of hydrogen-bond donors (Lipinski definition) is 0. The molecule has 0 N–H and O–H groups in total. The van der Waals surface area contributed by atoms with Crippen molar-refractivity contribution in [2.24, 2.45) is 0 Å². The Labute approximate surface area is 78.7 Å². The van der Waals surface area contributed by atoms with E-state index in [0.717, 1.165) is 12.2 Å². The molecule has 14 heavy (non-hydrogen) atoms. The molecule has 0 amide bonds. The first-order valence-corrected chi connectivity index (χ1v) is 4.10. The number of hydrogen-bond acceptors (Lipinski definition) is 6. The van der Waals surface area contributed by atoms with Crippen molar-refractivity contribution in [1.29, 1.82) is 0 Å². The molecule has 1 aliphatic heterocycles. The summed E-state index contributed by atoms with van der Waals surface area (Å²) in [5.41, 5.74) is 0.988. The Morgan fingerprint density at radius 1 is 1.36 bits per heavy atom. The van der Waals surface area contributed by atoms with Crippen molar-refractivity contribution in [2.45, 2.75) is 6.10 Å². The van der Waals surface area contributed by atoms with E-state index in [1.807, 2.05) is 0 Å². The zero-order valence-electron chi connectivity index (χ0n) is 7.11. The van der Waals surface area contributed by atoms with Crippen LogP contribution in [0.5, 0.6) is 0 Å². The first kappa shape index (κ1) is 7.51. The predicted molar refractivity (Wildman–Crippen MR) is 43.4 cm³/mol. The zero-order valence-corrected chi connectivity index (χ0v) is 7.11. The van der Waals surface area contributed by atoms with Gasteiger partial charge < -0.3 is 4.74 Å². The van der Waals surface area contributed by atoms with Crippen LogP contribution < -0.4 is 0 Å². The summed E-state index contributed by atoms with van der Waals surface area (Å²) in [6, 6.07) is 0. The number of nitrogens with zero attached hydrogens (tertiary/aromatic N) is 6. The highest BCUT2D eigenvalue weighted by Crippen LogP contribution is 2.28. The quantitative estimate of drug-likeness (QED) is 0.595. The average Bonchev–Trinajstić information content (AvgIpc) is 2.94. The molecule has 1 saturated heterocycles. The van der Waals surface area contributed by atoms with Crippen LogP contribution in [0.25, 0.3) is 5.95 Å². The first-order valence-electron chi connectivity index (χ1n) is 4.10. The lowest BCUT2D eigenvalue weighted by molar-refractivity contribution is 0.414. The first-order chi connectivity index (χ1) is 6.93. The number of ether oxygens (including phenoxy) is 1. The minimum absolute atomic E-state index is 0.179. The highest BCUT2D eigenvalue weighted by atomic mass is 16.6. The summed E-state index contributed by atoms with van der Waals surface area (Å²) in [4.78, 5) is 8.22. The molecule has 1 atom stereocenters. The fourth-order valence-electron chi connectivity index (χ4n) is 1.11. The number of tetrazole rings is 1. The number of aromatic nitrogens is 6. The topological polar surface area (TPSA) is 81.9 Å². The van der Waals surface area contributed by atoms with Gasteiger partial charge in [0.05, 0.1) is 6.61 Å². The van der Waals surface area contributed by atoms with Crippen molar-refractivity contribution in [3.8, 4) is 5.95 Å². The van der Waals surface area contributed by atoms with Gasteiger partial charge in [-0.2, -0.15) is 4.68 Å². The van der Waals surface area contributed by atoms with E-state index in [9.17, 15) is 0 Å². The van der Waals surface area contributed by atoms with Gasteiger partial charge in [-0.1, -0.05) is 0 Å². The Kier molecular flexibility index (Phi) is 1.51. The molecule has 3 rings (SSSR count). The minimum Gasteiger partial charge on any atom is -0.368 e. The molecule has 0 aliphatic carbocycles. The summed E-state index contributed by atoms with van der Waals surface area (Å²) in [7, 11) is 0. The maximum atomic E-state index is 5.10. The second-order valence-corrected chi connectivity index (χ2v) is 2.89. The molecule has 0 saturated carbocycles. The minimum atomic E-state index is 0.179. The average molecular weight is 190 g/mol. The fraction of sp³-hybridized carbons (Fsp3) is 0.286. The van der Waals surface area contributed by atoms with Gasteiger partial charge in [-0.3, -0.25) is 0 Å². The van der Waals surface area contributed by atoms with Gasteiger partial charge in [0.1, 0.15) is 12.4 Å². The van der Waals surface area contributed by atoms with Crippen LogP contribution in [0.15, 0.2) is 18.7 Å². The smallest absolute Gasteiger partial charge is 0.253 e. The Morgan fingerprint density at radius 3 is 2.71 bits per heavy atom. The second kappa shape index (κ2) is 2.81. The summed E-state index contributed by atoms with van der Waals surface area (Å²) < 4.78 is 6.50. The highest BCUT2D eigenvalue weighted by Gasteiger charge is 2.25. The largest absolute Gasteiger partial charge is 0.368 e. The maximum Gasteiger partial charge on any atom is 0.253 e. The van der Waals surface area contributed by atoms with Gasteiger partial charge >= 0.3 is 0 Å². The fourth-order valence-corrected chi connectivity index (χ4v) is 1.11. The summed E-state index contributed by atoms with van der Waals surface area (Å²) in [6.45, 7) is 0.758. The summed E-state index contributed by atoms with van der Waals surface area (Å²) >= 11 is 0. The third-order valence-corrected chi connectivity index (χ3v) is 1.92. The van der Waals surface area contributed by atoms with E-state index in [-0.39, 0.29) is 6.10 Å². The van der Waals surface area contributed by atoms with Gasteiger partial charge in [-0.15, -0.1) is 5.10 Å². The summed E-state index contributed by atoms with van der Waals surface area (Å²) in [5.74, 6) is 0.458. The lowest BCUT2D eigenvalue weighted by Gasteiger charge is -1.97. The molecule has 0 unspecified atom stereocenters. The van der Waals surface area contributed by atoms with E-state index in [1.54, 1.807) is 12.4 Å². The van der Waals surface area contributed by atoms with E-state index in [4.69, 9.17) is 4.74 Å². The summed E-state index contributed by atoms with van der Waals surface area (Å²) in [6.07, 6.45) is 5.07. The predicted octanol–water partition coefficient (Wildman–Crippen LogP) is -0.476. The van der Waals surface area contributed by atoms with Gasteiger partial charge in [-0.05, 0) is 10.4 Å². The van der Waals surface area contributed by atoms with Crippen LogP contribution in [0.1, 0.15) is 11.7 Å². The van der Waals surface area contributed by atoms with E-state index >= 15 is 0 Å². The number of epoxide rings is 1. The molecule has 0 aromatic carbocycles. The van der Waals surface area contributed by atoms with Crippen molar-refractivity contribution in [3.63, 3.8) is 0 Å². The summed E-state index contributed by atoms with van der Waals surface area (Å²) in [5, 5.41) is 10.7. The Morgan fingerprint density at radius 2 is 2.14 bits per heavy atom. The molecule has 2 aromatic heterocycles. The van der Waals surface area contributed by atoms with Crippen LogP contribution in [-0.2, 0) is 4.74 Å². The van der Waals surface area contributed by atoms with Gasteiger partial charge in [-0.25, -0.2) is 9.97 Å². The van der Waals surface area contributed by atoms with Crippen molar-refractivity contribution in [1.82, 2.24) is 30.2 Å². The molecular formula is C7H6N6O. The molecule has 0 bridgehead atoms. The standard InChI is InChI=1S/C7H6N6O/c1-5(6-3-14-6)2-9-7(8-1)13-4-10-11-12-13/h1-2,4,6H,3H2/t6-/m0/s1. The third-order valence-electron chi connectivity index (χ3n) is 1.92. The Balaban J connectivity index is 1.93. The lowest BCUT2D eigenvalue weighted by atomic mass is 10.3. The normalized spacial score (nSPS) is 19.6. The van der Waals surface area contributed by atoms with Crippen LogP contribution in [-0.4, -0.2) is 36.8 Å². The van der Waals surface area contributed by atoms with Gasteiger partial charge in [0.25, 0.3) is 5.95 Å². The van der Waals surface area contributed by atoms with Crippen molar-refractivity contribution in [3.05, 3.63) is 24.3 Å². The van der Waals surface area contributed by atoms with Gasteiger partial charge in [0.2, 0.25) is 0 Å². The Hall–Kier alpha value is -1.89. The van der Waals surface area contributed by atoms with Crippen molar-refractivity contribution >= 4 is 0 Å². The van der Waals surface area contributed by atoms with E-state index in [1.165, 1.54) is 11.0 Å². The van der Waals surface area contributed by atoms with Crippen molar-refractivity contribution in [2.75, 3.05) is 6.61 Å². The van der Waals surface area contributed by atoms with Crippen LogP contribution in [0.3, 0.4) is 0 Å². The highest BCUT2D eigenvalue weighted by molar-refractivity contribution is 5.16. The molecule has 0 radical (unpaired) electrons. The maximum absolute atomic E-state index is 5.10. The van der Waals surface area contributed by atoms with E-state index < -0.39 is 0 Å².